The lowest BCUT2D eigenvalue weighted by Gasteiger charge is -2.11. The number of carbonyl (C=O) groups excluding carboxylic acids is 1. The zero-order chi connectivity index (χ0) is 22.9. The fourth-order valence-electron chi connectivity index (χ4n) is 3.82. The van der Waals surface area contributed by atoms with Gasteiger partial charge in [-0.1, -0.05) is 66.6 Å². The molecular formula is C27H28ClN3O2. The number of carbonyl (C=O) groups is 1. The summed E-state index contributed by atoms with van der Waals surface area (Å²) in [6.45, 7) is 1.39. The minimum Gasteiger partial charge on any atom is -0.484 e. The topological polar surface area (TPSA) is 56.1 Å². The minimum atomic E-state index is -0.0969. The Kier molecular flexibility index (Phi) is 7.99. The van der Waals surface area contributed by atoms with Crippen LogP contribution in [0, 0.1) is 0 Å². The van der Waals surface area contributed by atoms with Gasteiger partial charge in [0.25, 0.3) is 5.91 Å². The highest BCUT2D eigenvalue weighted by Gasteiger charge is 2.12. The molecule has 0 saturated carbocycles. The zero-order valence-electron chi connectivity index (χ0n) is 18.5. The van der Waals surface area contributed by atoms with Crippen LogP contribution in [0.3, 0.4) is 0 Å². The number of nitrogens with one attached hydrogen (secondary N) is 1. The Balaban J connectivity index is 1.25. The number of nitrogens with zero attached hydrogens (tertiary/aromatic N) is 2. The van der Waals surface area contributed by atoms with Crippen molar-refractivity contribution in [2.24, 2.45) is 0 Å². The molecule has 1 aromatic heterocycles. The van der Waals surface area contributed by atoms with E-state index in [4.69, 9.17) is 21.3 Å². The first-order valence-corrected chi connectivity index (χ1v) is 11.7. The SMILES string of the molecule is O=C(COc1ccccc1)NCCCCCc1nc2ccccc2n1Cc1ccccc1Cl. The fourth-order valence-corrected chi connectivity index (χ4v) is 4.01. The number of para-hydroxylation sites is 3. The molecule has 0 unspecified atom stereocenters. The van der Waals surface area contributed by atoms with Gasteiger partial charge in [-0.15, -0.1) is 0 Å². The van der Waals surface area contributed by atoms with Crippen molar-refractivity contribution in [3.63, 3.8) is 0 Å². The molecule has 0 bridgehead atoms. The number of rotatable bonds is 11. The van der Waals surface area contributed by atoms with Crippen molar-refractivity contribution >= 4 is 28.5 Å². The molecule has 170 valence electrons. The van der Waals surface area contributed by atoms with Crippen LogP contribution in [0.15, 0.2) is 78.9 Å². The van der Waals surface area contributed by atoms with Gasteiger partial charge in [-0.2, -0.15) is 0 Å². The Labute approximate surface area is 199 Å². The summed E-state index contributed by atoms with van der Waals surface area (Å²) in [5.74, 6) is 1.67. The number of unbranched alkanes of at least 4 members (excludes halogenated alkanes) is 2. The van der Waals surface area contributed by atoms with Gasteiger partial charge >= 0.3 is 0 Å². The van der Waals surface area contributed by atoms with Crippen LogP contribution in [0.2, 0.25) is 5.02 Å². The van der Waals surface area contributed by atoms with Crippen molar-refractivity contribution in [2.75, 3.05) is 13.2 Å². The summed E-state index contributed by atoms with van der Waals surface area (Å²) in [6, 6.07) is 25.5. The van der Waals surface area contributed by atoms with E-state index in [-0.39, 0.29) is 12.5 Å². The van der Waals surface area contributed by atoms with E-state index in [1.165, 1.54) is 0 Å². The van der Waals surface area contributed by atoms with Crippen LogP contribution in [0.5, 0.6) is 5.75 Å². The third-order valence-electron chi connectivity index (χ3n) is 5.53. The Bertz CT molecular complexity index is 1190. The second-order valence-corrected chi connectivity index (χ2v) is 8.36. The van der Waals surface area contributed by atoms with Gasteiger partial charge in [-0.25, -0.2) is 4.98 Å². The summed E-state index contributed by atoms with van der Waals surface area (Å²) >= 11 is 6.41. The van der Waals surface area contributed by atoms with Crippen molar-refractivity contribution in [1.82, 2.24) is 14.9 Å². The molecule has 4 rings (SSSR count). The largest absolute Gasteiger partial charge is 0.484 e. The molecule has 6 heteroatoms. The van der Waals surface area contributed by atoms with Gasteiger partial charge in [-0.05, 0) is 48.7 Å². The first kappa shape index (κ1) is 22.9. The molecule has 4 aromatic rings. The smallest absolute Gasteiger partial charge is 0.257 e. The quantitative estimate of drug-likeness (QED) is 0.294. The standard InChI is InChI=1S/C27H28ClN3O2/c28-23-14-7-6-11-21(23)19-31-25-16-9-8-15-24(25)30-26(31)17-5-2-10-18-29-27(32)20-33-22-12-3-1-4-13-22/h1,3-4,6-9,11-16H,2,5,10,17-20H2,(H,29,32). The van der Waals surface area contributed by atoms with E-state index in [2.05, 4.69) is 28.1 Å². The maximum Gasteiger partial charge on any atom is 0.257 e. The van der Waals surface area contributed by atoms with Crippen molar-refractivity contribution in [3.05, 3.63) is 95.3 Å². The number of hydrogen-bond donors (Lipinski definition) is 1. The molecule has 33 heavy (non-hydrogen) atoms. The Morgan fingerprint density at radius 3 is 2.52 bits per heavy atom. The third kappa shape index (κ3) is 6.36. The summed E-state index contributed by atoms with van der Waals surface area (Å²) in [5.41, 5.74) is 3.22. The van der Waals surface area contributed by atoms with Crippen LogP contribution in [0.25, 0.3) is 11.0 Å². The van der Waals surface area contributed by atoms with Gasteiger partial charge in [0.15, 0.2) is 6.61 Å². The van der Waals surface area contributed by atoms with E-state index in [1.807, 2.05) is 60.7 Å². The Hall–Kier alpha value is -3.31. The first-order chi connectivity index (χ1) is 16.2. The average molecular weight is 462 g/mol. The number of halogens is 1. The van der Waals surface area contributed by atoms with Crippen molar-refractivity contribution < 1.29 is 9.53 Å². The predicted molar refractivity (Wildman–Crippen MR) is 133 cm³/mol. The van der Waals surface area contributed by atoms with E-state index >= 15 is 0 Å². The van der Waals surface area contributed by atoms with Crippen LogP contribution in [0.1, 0.15) is 30.7 Å². The molecular weight excluding hydrogens is 434 g/mol. The van der Waals surface area contributed by atoms with Crippen LogP contribution in [-0.2, 0) is 17.8 Å². The lowest BCUT2D eigenvalue weighted by molar-refractivity contribution is -0.123. The van der Waals surface area contributed by atoms with Crippen LogP contribution < -0.4 is 10.1 Å². The number of fused-ring (bicyclic) bond motifs is 1. The molecule has 5 nitrogen and oxygen atoms in total. The number of amides is 1. The lowest BCUT2D eigenvalue weighted by Crippen LogP contribution is -2.29. The molecule has 0 atom stereocenters. The molecule has 0 aliphatic heterocycles. The van der Waals surface area contributed by atoms with Crippen LogP contribution in [-0.4, -0.2) is 28.6 Å². The number of aryl methyl sites for hydroxylation is 1. The normalized spacial score (nSPS) is 10.9. The Morgan fingerprint density at radius 2 is 1.67 bits per heavy atom. The summed E-state index contributed by atoms with van der Waals surface area (Å²) in [5, 5.41) is 3.70. The number of aromatic nitrogens is 2. The summed E-state index contributed by atoms with van der Waals surface area (Å²) < 4.78 is 7.73. The van der Waals surface area contributed by atoms with E-state index in [1.54, 1.807) is 0 Å². The maximum atomic E-state index is 12.0. The molecule has 1 N–H and O–H groups in total. The average Bonchev–Trinajstić information content (AvgIpc) is 3.19. The highest BCUT2D eigenvalue weighted by molar-refractivity contribution is 6.31. The highest BCUT2D eigenvalue weighted by Crippen LogP contribution is 2.22. The van der Waals surface area contributed by atoms with Crippen molar-refractivity contribution in [1.29, 1.82) is 0 Å². The zero-order valence-corrected chi connectivity index (χ0v) is 19.3. The summed E-state index contributed by atoms with van der Waals surface area (Å²) in [6.07, 6.45) is 3.81. The molecule has 1 heterocycles. The molecule has 0 saturated heterocycles. The molecule has 3 aromatic carbocycles. The second-order valence-electron chi connectivity index (χ2n) is 7.96. The molecule has 1 amide bonds. The van der Waals surface area contributed by atoms with Gasteiger partial charge < -0.3 is 14.6 Å². The van der Waals surface area contributed by atoms with Gasteiger partial charge in [0.1, 0.15) is 11.6 Å². The van der Waals surface area contributed by atoms with Crippen LogP contribution >= 0.6 is 11.6 Å². The molecule has 0 fully saturated rings. The number of ether oxygens (including phenoxy) is 1. The summed E-state index contributed by atoms with van der Waals surface area (Å²) in [7, 11) is 0. The van der Waals surface area contributed by atoms with E-state index in [9.17, 15) is 4.79 Å². The van der Waals surface area contributed by atoms with E-state index < -0.39 is 0 Å². The second kappa shape index (κ2) is 11.5. The van der Waals surface area contributed by atoms with Crippen LogP contribution in [0.4, 0.5) is 0 Å². The van der Waals surface area contributed by atoms with Crippen molar-refractivity contribution in [3.8, 4) is 5.75 Å². The van der Waals surface area contributed by atoms with Gasteiger partial charge in [0.2, 0.25) is 0 Å². The molecule has 0 spiro atoms. The minimum absolute atomic E-state index is 0.0378. The van der Waals surface area contributed by atoms with E-state index in [0.29, 0.717) is 18.8 Å². The highest BCUT2D eigenvalue weighted by atomic mass is 35.5. The number of imidazole rings is 1. The molecule has 0 radical (unpaired) electrons. The third-order valence-corrected chi connectivity index (χ3v) is 5.90. The van der Waals surface area contributed by atoms with Gasteiger partial charge in [0, 0.05) is 18.0 Å². The maximum absolute atomic E-state index is 12.0. The number of benzene rings is 3. The fraction of sp³-hybridized carbons (Fsp3) is 0.259. The first-order valence-electron chi connectivity index (χ1n) is 11.3. The number of hydrogen-bond acceptors (Lipinski definition) is 3. The lowest BCUT2D eigenvalue weighted by atomic mass is 10.1. The Morgan fingerprint density at radius 1 is 0.909 bits per heavy atom. The van der Waals surface area contributed by atoms with Gasteiger partial charge in [-0.3, -0.25) is 4.79 Å². The van der Waals surface area contributed by atoms with E-state index in [0.717, 1.165) is 53.1 Å². The summed E-state index contributed by atoms with van der Waals surface area (Å²) in [4.78, 5) is 16.8. The van der Waals surface area contributed by atoms with Crippen molar-refractivity contribution in [2.45, 2.75) is 32.2 Å². The predicted octanol–water partition coefficient (Wildman–Crippen LogP) is 5.65. The van der Waals surface area contributed by atoms with Gasteiger partial charge in [0.05, 0.1) is 17.6 Å². The molecule has 0 aliphatic carbocycles. The monoisotopic (exact) mass is 461 g/mol. The molecule has 0 aliphatic rings.